The molecule has 54 valence electrons. The molecule has 0 aromatic rings. The summed E-state index contributed by atoms with van der Waals surface area (Å²) >= 11 is 4.90. The minimum atomic E-state index is -0.712. The van der Waals surface area contributed by atoms with Crippen molar-refractivity contribution >= 4 is 17.0 Å². The van der Waals surface area contributed by atoms with Crippen molar-refractivity contribution in [1.29, 1.82) is 0 Å². The van der Waals surface area contributed by atoms with Crippen molar-refractivity contribution in [2.24, 2.45) is 5.92 Å². The van der Waals surface area contributed by atoms with E-state index in [1.165, 1.54) is 0 Å². The van der Waals surface area contributed by atoms with Crippen molar-refractivity contribution in [2.75, 3.05) is 6.61 Å². The minimum Gasteiger partial charge on any atom is -0.454 e. The molecule has 0 saturated heterocycles. The molecule has 0 aliphatic heterocycles. The van der Waals surface area contributed by atoms with E-state index in [-0.39, 0.29) is 0 Å². The van der Waals surface area contributed by atoms with Gasteiger partial charge in [-0.15, -0.1) is 0 Å². The molecule has 2 nitrogen and oxygen atoms in total. The molecule has 0 aromatic heterocycles. The van der Waals surface area contributed by atoms with Gasteiger partial charge in [-0.05, 0) is 12.3 Å². The number of carbonyl (C=O) groups excluding carboxylic acids is 1. The Labute approximate surface area is 60.1 Å². The van der Waals surface area contributed by atoms with Crippen LogP contribution >= 0.6 is 11.6 Å². The summed E-state index contributed by atoms with van der Waals surface area (Å²) in [4.78, 5) is 9.97. The normalized spacial score (nSPS) is 9.78. The Balaban J connectivity index is 3.01. The van der Waals surface area contributed by atoms with Gasteiger partial charge in [-0.25, -0.2) is 4.79 Å². The molecule has 0 amide bonds. The van der Waals surface area contributed by atoms with E-state index in [1.54, 1.807) is 0 Å². The monoisotopic (exact) mass is 150 g/mol. The average molecular weight is 151 g/mol. The van der Waals surface area contributed by atoms with Gasteiger partial charge in [0.15, 0.2) is 0 Å². The van der Waals surface area contributed by atoms with Crippen molar-refractivity contribution in [2.45, 2.75) is 20.3 Å². The van der Waals surface area contributed by atoms with Crippen LogP contribution in [-0.4, -0.2) is 12.0 Å². The van der Waals surface area contributed by atoms with Crippen LogP contribution in [-0.2, 0) is 4.74 Å². The number of hydrogen-bond donors (Lipinski definition) is 0. The molecule has 0 rings (SSSR count). The van der Waals surface area contributed by atoms with Crippen LogP contribution in [0.2, 0.25) is 0 Å². The summed E-state index contributed by atoms with van der Waals surface area (Å²) in [7, 11) is 0. The number of hydrogen-bond acceptors (Lipinski definition) is 2. The Bertz CT molecular complexity index is 91.1. The number of ether oxygens (including phenoxy) is 1. The number of rotatable bonds is 3. The Kier molecular flexibility index (Phi) is 4.50. The fraction of sp³-hybridized carbons (Fsp3) is 0.833. The van der Waals surface area contributed by atoms with Crippen molar-refractivity contribution in [3.8, 4) is 0 Å². The molecular formula is C6H11ClO2. The van der Waals surface area contributed by atoms with Crippen molar-refractivity contribution < 1.29 is 9.53 Å². The summed E-state index contributed by atoms with van der Waals surface area (Å²) in [6, 6.07) is 0. The van der Waals surface area contributed by atoms with Gasteiger partial charge in [0.05, 0.1) is 6.61 Å². The van der Waals surface area contributed by atoms with Gasteiger partial charge in [-0.2, -0.15) is 0 Å². The van der Waals surface area contributed by atoms with Crippen LogP contribution < -0.4 is 0 Å². The topological polar surface area (TPSA) is 26.3 Å². The molecule has 9 heavy (non-hydrogen) atoms. The molecule has 0 unspecified atom stereocenters. The standard InChI is InChI=1S/C6H11ClO2/c1-5(2)3-4-9-6(7)8/h5H,3-4H2,1-2H3. The van der Waals surface area contributed by atoms with E-state index in [2.05, 4.69) is 18.6 Å². The Morgan fingerprint density at radius 2 is 2.22 bits per heavy atom. The van der Waals surface area contributed by atoms with Crippen LogP contribution in [0.5, 0.6) is 0 Å². The zero-order valence-electron chi connectivity index (χ0n) is 5.69. The molecule has 0 radical (unpaired) electrons. The zero-order valence-corrected chi connectivity index (χ0v) is 6.44. The molecule has 0 aromatic carbocycles. The van der Waals surface area contributed by atoms with E-state index in [1.807, 2.05) is 0 Å². The lowest BCUT2D eigenvalue weighted by molar-refractivity contribution is 0.167. The SMILES string of the molecule is CC(C)CCOC(=O)Cl. The first-order chi connectivity index (χ1) is 4.13. The highest BCUT2D eigenvalue weighted by molar-refractivity contribution is 6.61. The zero-order chi connectivity index (χ0) is 7.28. The second kappa shape index (κ2) is 4.62. The highest BCUT2D eigenvalue weighted by Crippen LogP contribution is 1.99. The Morgan fingerprint density at radius 3 is 2.56 bits per heavy atom. The second-order valence-corrected chi connectivity index (χ2v) is 2.58. The smallest absolute Gasteiger partial charge is 0.403 e. The van der Waals surface area contributed by atoms with Crippen LogP contribution in [0.1, 0.15) is 20.3 Å². The highest BCUT2D eigenvalue weighted by Gasteiger charge is 1.96. The molecule has 3 heteroatoms. The van der Waals surface area contributed by atoms with Crippen LogP contribution in [0.25, 0.3) is 0 Å². The van der Waals surface area contributed by atoms with Crippen molar-refractivity contribution in [1.82, 2.24) is 0 Å². The molecule has 0 saturated carbocycles. The predicted octanol–water partition coefficient (Wildman–Crippen LogP) is 2.41. The molecule has 0 fully saturated rings. The molecule has 0 aliphatic carbocycles. The quantitative estimate of drug-likeness (QED) is 0.578. The lowest BCUT2D eigenvalue weighted by Crippen LogP contribution is -1.99. The summed E-state index contributed by atoms with van der Waals surface area (Å²) in [5, 5.41) is 0. The predicted molar refractivity (Wildman–Crippen MR) is 36.7 cm³/mol. The number of carbonyl (C=O) groups is 1. The lowest BCUT2D eigenvalue weighted by atomic mass is 10.1. The summed E-state index contributed by atoms with van der Waals surface area (Å²) in [5.41, 5.74) is -0.712. The van der Waals surface area contributed by atoms with Crippen LogP contribution in [0, 0.1) is 5.92 Å². The van der Waals surface area contributed by atoms with Crippen LogP contribution in [0.4, 0.5) is 4.79 Å². The largest absolute Gasteiger partial charge is 0.454 e. The summed E-state index contributed by atoms with van der Waals surface area (Å²) in [6.45, 7) is 4.55. The van der Waals surface area contributed by atoms with E-state index in [4.69, 9.17) is 11.6 Å². The van der Waals surface area contributed by atoms with Gasteiger partial charge in [0.1, 0.15) is 0 Å². The Morgan fingerprint density at radius 1 is 1.67 bits per heavy atom. The van der Waals surface area contributed by atoms with Crippen molar-refractivity contribution in [3.63, 3.8) is 0 Å². The van der Waals surface area contributed by atoms with E-state index in [0.717, 1.165) is 6.42 Å². The maximum atomic E-state index is 9.97. The molecule has 0 bridgehead atoms. The van der Waals surface area contributed by atoms with Gasteiger partial charge in [0.25, 0.3) is 0 Å². The first-order valence-electron chi connectivity index (χ1n) is 2.95. The van der Waals surface area contributed by atoms with Gasteiger partial charge in [0, 0.05) is 11.6 Å². The molecule has 0 spiro atoms. The third kappa shape index (κ3) is 7.76. The van der Waals surface area contributed by atoms with Gasteiger partial charge < -0.3 is 4.74 Å². The third-order valence-corrected chi connectivity index (χ3v) is 1.02. The first kappa shape index (κ1) is 8.76. The van der Waals surface area contributed by atoms with Crippen LogP contribution in [0.3, 0.4) is 0 Å². The Hall–Kier alpha value is -0.240. The number of halogens is 1. The minimum absolute atomic E-state index is 0.431. The summed E-state index contributed by atoms with van der Waals surface area (Å²) in [6.07, 6.45) is 0.873. The van der Waals surface area contributed by atoms with E-state index in [9.17, 15) is 4.79 Å². The van der Waals surface area contributed by atoms with Gasteiger partial charge in [-0.3, -0.25) is 0 Å². The first-order valence-corrected chi connectivity index (χ1v) is 3.33. The van der Waals surface area contributed by atoms with Crippen molar-refractivity contribution in [3.05, 3.63) is 0 Å². The summed E-state index contributed by atoms with van der Waals surface area (Å²) < 4.78 is 4.48. The maximum Gasteiger partial charge on any atom is 0.403 e. The second-order valence-electron chi connectivity index (χ2n) is 2.27. The summed E-state index contributed by atoms with van der Waals surface area (Å²) in [5.74, 6) is 0.556. The van der Waals surface area contributed by atoms with E-state index in [0.29, 0.717) is 12.5 Å². The third-order valence-electron chi connectivity index (χ3n) is 0.911. The average Bonchev–Trinajstić information content (AvgIpc) is 1.63. The molecule has 0 heterocycles. The van der Waals surface area contributed by atoms with Gasteiger partial charge in [0.2, 0.25) is 0 Å². The lowest BCUT2D eigenvalue weighted by Gasteiger charge is -2.01. The fourth-order valence-electron chi connectivity index (χ4n) is 0.375. The maximum absolute atomic E-state index is 9.97. The molecule has 0 aliphatic rings. The van der Waals surface area contributed by atoms with E-state index < -0.39 is 5.43 Å². The van der Waals surface area contributed by atoms with E-state index >= 15 is 0 Å². The van der Waals surface area contributed by atoms with Gasteiger partial charge >= 0.3 is 5.43 Å². The fourth-order valence-corrected chi connectivity index (χ4v) is 0.452. The molecular weight excluding hydrogens is 140 g/mol. The highest BCUT2D eigenvalue weighted by atomic mass is 35.5. The van der Waals surface area contributed by atoms with Crippen LogP contribution in [0.15, 0.2) is 0 Å². The molecule has 0 atom stereocenters. The molecule has 0 N–H and O–H groups in total. The van der Waals surface area contributed by atoms with Gasteiger partial charge in [-0.1, -0.05) is 13.8 Å².